The largest absolute Gasteiger partial charge is 0.356 e. The van der Waals surface area contributed by atoms with E-state index in [1.807, 2.05) is 30.3 Å². The SMILES string of the molecule is CSc1ccc(-c2cnoc2-c2ccccc2)cc1. The van der Waals surface area contributed by atoms with Crippen LogP contribution in [0, 0.1) is 0 Å². The Balaban J connectivity index is 2.04. The number of rotatable bonds is 3. The van der Waals surface area contributed by atoms with Crippen molar-refractivity contribution in [3.05, 3.63) is 60.8 Å². The fourth-order valence-electron chi connectivity index (χ4n) is 2.01. The maximum atomic E-state index is 5.41. The van der Waals surface area contributed by atoms with E-state index in [-0.39, 0.29) is 0 Å². The normalized spacial score (nSPS) is 10.6. The molecule has 3 aromatic rings. The summed E-state index contributed by atoms with van der Waals surface area (Å²) in [7, 11) is 0. The molecule has 0 radical (unpaired) electrons. The van der Waals surface area contributed by atoms with E-state index in [2.05, 4.69) is 35.7 Å². The second kappa shape index (κ2) is 5.33. The Hall–Kier alpha value is -2.00. The molecule has 2 nitrogen and oxygen atoms in total. The molecule has 94 valence electrons. The van der Waals surface area contributed by atoms with Crippen molar-refractivity contribution in [3.63, 3.8) is 0 Å². The first-order valence-corrected chi connectivity index (χ1v) is 7.25. The zero-order valence-electron chi connectivity index (χ0n) is 10.5. The number of hydrogen-bond donors (Lipinski definition) is 0. The van der Waals surface area contributed by atoms with Gasteiger partial charge in [0.15, 0.2) is 5.76 Å². The third-order valence-electron chi connectivity index (χ3n) is 3.01. The summed E-state index contributed by atoms with van der Waals surface area (Å²) in [5.41, 5.74) is 3.20. The highest BCUT2D eigenvalue weighted by Gasteiger charge is 2.12. The van der Waals surface area contributed by atoms with Crippen molar-refractivity contribution in [2.24, 2.45) is 0 Å². The third kappa shape index (κ3) is 2.42. The maximum absolute atomic E-state index is 5.41. The lowest BCUT2D eigenvalue weighted by Crippen LogP contribution is -1.80. The summed E-state index contributed by atoms with van der Waals surface area (Å²) in [5.74, 6) is 0.817. The molecule has 0 bridgehead atoms. The van der Waals surface area contributed by atoms with Crippen LogP contribution >= 0.6 is 11.8 Å². The van der Waals surface area contributed by atoms with Crippen LogP contribution in [-0.4, -0.2) is 11.4 Å². The Morgan fingerprint density at radius 3 is 2.32 bits per heavy atom. The molecule has 0 unspecified atom stereocenters. The number of thioether (sulfide) groups is 1. The van der Waals surface area contributed by atoms with Crippen molar-refractivity contribution in [1.82, 2.24) is 5.16 Å². The molecule has 0 N–H and O–H groups in total. The molecule has 0 amide bonds. The van der Waals surface area contributed by atoms with Crippen LogP contribution < -0.4 is 0 Å². The van der Waals surface area contributed by atoms with Crippen molar-refractivity contribution < 1.29 is 4.52 Å². The van der Waals surface area contributed by atoms with Gasteiger partial charge in [-0.1, -0.05) is 47.6 Å². The van der Waals surface area contributed by atoms with Crippen LogP contribution in [0.3, 0.4) is 0 Å². The topological polar surface area (TPSA) is 26.0 Å². The lowest BCUT2D eigenvalue weighted by Gasteiger charge is -2.02. The fraction of sp³-hybridized carbons (Fsp3) is 0.0625. The predicted octanol–water partition coefficient (Wildman–Crippen LogP) is 4.73. The van der Waals surface area contributed by atoms with Crippen LogP contribution in [0.4, 0.5) is 0 Å². The molecule has 3 heteroatoms. The van der Waals surface area contributed by atoms with Crippen molar-refractivity contribution >= 4 is 11.8 Å². The van der Waals surface area contributed by atoms with E-state index in [0.29, 0.717) is 0 Å². The van der Waals surface area contributed by atoms with Gasteiger partial charge in [-0.15, -0.1) is 11.8 Å². The molecular formula is C16H13NOS. The minimum Gasteiger partial charge on any atom is -0.356 e. The van der Waals surface area contributed by atoms with E-state index >= 15 is 0 Å². The second-order valence-corrected chi connectivity index (χ2v) is 5.04. The summed E-state index contributed by atoms with van der Waals surface area (Å²) in [5, 5.41) is 3.94. The van der Waals surface area contributed by atoms with Crippen molar-refractivity contribution in [1.29, 1.82) is 0 Å². The number of benzene rings is 2. The van der Waals surface area contributed by atoms with Gasteiger partial charge in [0.1, 0.15) is 0 Å². The molecule has 1 aromatic heterocycles. The molecule has 1 heterocycles. The molecule has 0 aliphatic carbocycles. The lowest BCUT2D eigenvalue weighted by atomic mass is 10.0. The fourth-order valence-corrected chi connectivity index (χ4v) is 2.42. The zero-order chi connectivity index (χ0) is 13.1. The summed E-state index contributed by atoms with van der Waals surface area (Å²) in [6.45, 7) is 0. The summed E-state index contributed by atoms with van der Waals surface area (Å²) in [4.78, 5) is 1.25. The standard InChI is InChI=1S/C16H13NOS/c1-19-14-9-7-12(8-10-14)15-11-17-18-16(15)13-5-3-2-4-6-13/h2-11H,1H3. The van der Waals surface area contributed by atoms with Crippen LogP contribution in [-0.2, 0) is 0 Å². The van der Waals surface area contributed by atoms with E-state index < -0.39 is 0 Å². The average Bonchev–Trinajstić information content (AvgIpc) is 2.98. The summed E-state index contributed by atoms with van der Waals surface area (Å²) in [6.07, 6.45) is 3.85. The molecule has 0 aliphatic heterocycles. The van der Waals surface area contributed by atoms with E-state index in [4.69, 9.17) is 4.52 Å². The highest BCUT2D eigenvalue weighted by Crippen LogP contribution is 2.32. The minimum atomic E-state index is 0.817. The molecule has 0 atom stereocenters. The van der Waals surface area contributed by atoms with Gasteiger partial charge in [0.05, 0.1) is 6.20 Å². The molecule has 0 aliphatic rings. The Morgan fingerprint density at radius 2 is 1.63 bits per heavy atom. The highest BCUT2D eigenvalue weighted by molar-refractivity contribution is 7.98. The number of aromatic nitrogens is 1. The van der Waals surface area contributed by atoms with Crippen LogP contribution in [0.15, 0.2) is 70.2 Å². The predicted molar refractivity (Wildman–Crippen MR) is 79.2 cm³/mol. The first kappa shape index (κ1) is 12.1. The summed E-state index contributed by atoms with van der Waals surface area (Å²) in [6, 6.07) is 18.5. The third-order valence-corrected chi connectivity index (χ3v) is 3.75. The van der Waals surface area contributed by atoms with Crippen LogP contribution in [0.2, 0.25) is 0 Å². The first-order valence-electron chi connectivity index (χ1n) is 6.03. The van der Waals surface area contributed by atoms with Gasteiger partial charge in [0.25, 0.3) is 0 Å². The molecular weight excluding hydrogens is 254 g/mol. The molecule has 0 fully saturated rings. The van der Waals surface area contributed by atoms with Gasteiger partial charge in [-0.2, -0.15) is 0 Å². The van der Waals surface area contributed by atoms with Gasteiger partial charge in [-0.3, -0.25) is 0 Å². The monoisotopic (exact) mass is 267 g/mol. The summed E-state index contributed by atoms with van der Waals surface area (Å²) < 4.78 is 5.41. The second-order valence-electron chi connectivity index (χ2n) is 4.16. The molecule has 2 aromatic carbocycles. The van der Waals surface area contributed by atoms with Crippen LogP contribution in [0.5, 0.6) is 0 Å². The Kier molecular flexibility index (Phi) is 3.38. The smallest absolute Gasteiger partial charge is 0.174 e. The number of hydrogen-bond acceptors (Lipinski definition) is 3. The van der Waals surface area contributed by atoms with Gasteiger partial charge in [-0.25, -0.2) is 0 Å². The van der Waals surface area contributed by atoms with Crippen LogP contribution in [0.1, 0.15) is 0 Å². The van der Waals surface area contributed by atoms with Gasteiger partial charge < -0.3 is 4.52 Å². The summed E-state index contributed by atoms with van der Waals surface area (Å²) >= 11 is 1.74. The molecule has 0 spiro atoms. The van der Waals surface area contributed by atoms with Crippen LogP contribution in [0.25, 0.3) is 22.5 Å². The zero-order valence-corrected chi connectivity index (χ0v) is 11.4. The maximum Gasteiger partial charge on any atom is 0.174 e. The first-order chi connectivity index (χ1) is 9.38. The molecule has 19 heavy (non-hydrogen) atoms. The Morgan fingerprint density at radius 1 is 0.895 bits per heavy atom. The van der Waals surface area contributed by atoms with Crippen molar-refractivity contribution in [2.75, 3.05) is 6.26 Å². The Bertz CT molecular complexity index is 659. The lowest BCUT2D eigenvalue weighted by molar-refractivity contribution is 0.432. The Labute approximate surface area is 116 Å². The van der Waals surface area contributed by atoms with E-state index in [1.165, 1.54) is 4.90 Å². The quantitative estimate of drug-likeness (QED) is 0.642. The van der Waals surface area contributed by atoms with Gasteiger partial charge in [0.2, 0.25) is 0 Å². The van der Waals surface area contributed by atoms with Crippen molar-refractivity contribution in [3.8, 4) is 22.5 Å². The number of nitrogens with zero attached hydrogens (tertiary/aromatic N) is 1. The minimum absolute atomic E-state index is 0.817. The van der Waals surface area contributed by atoms with E-state index in [0.717, 1.165) is 22.5 Å². The highest BCUT2D eigenvalue weighted by atomic mass is 32.2. The van der Waals surface area contributed by atoms with E-state index in [9.17, 15) is 0 Å². The van der Waals surface area contributed by atoms with Gasteiger partial charge in [-0.05, 0) is 24.0 Å². The molecule has 3 rings (SSSR count). The molecule has 0 saturated carbocycles. The van der Waals surface area contributed by atoms with Gasteiger partial charge >= 0.3 is 0 Å². The molecule has 0 saturated heterocycles. The van der Waals surface area contributed by atoms with Crippen molar-refractivity contribution in [2.45, 2.75) is 4.90 Å². The average molecular weight is 267 g/mol. The van der Waals surface area contributed by atoms with E-state index in [1.54, 1.807) is 18.0 Å². The van der Waals surface area contributed by atoms with Gasteiger partial charge in [0, 0.05) is 16.0 Å².